The zero-order valence-electron chi connectivity index (χ0n) is 11.5. The number of nitrogens with one attached hydrogen (secondary N) is 1. The number of aliphatic carboxylic acids is 1. The number of carboxylic acids is 1. The van der Waals surface area contributed by atoms with Crippen molar-refractivity contribution in [3.05, 3.63) is 12.2 Å². The molecule has 1 saturated carbocycles. The maximum Gasteiger partial charge on any atom is 0.307 e. The van der Waals surface area contributed by atoms with Gasteiger partial charge >= 0.3 is 5.97 Å². The third-order valence-electron chi connectivity index (χ3n) is 4.72. The highest BCUT2D eigenvalue weighted by atomic mass is 16.4. The molecule has 0 aliphatic heterocycles. The van der Waals surface area contributed by atoms with Gasteiger partial charge in [0.1, 0.15) is 0 Å². The van der Waals surface area contributed by atoms with Crippen LogP contribution in [0.25, 0.3) is 0 Å². The third-order valence-corrected chi connectivity index (χ3v) is 4.72. The van der Waals surface area contributed by atoms with Gasteiger partial charge in [-0.2, -0.15) is 0 Å². The Bertz CT molecular complexity index is 421. The molecule has 4 atom stereocenters. The number of allylic oxidation sites excluding steroid dienone is 2. The first-order valence-electron chi connectivity index (χ1n) is 6.93. The molecule has 0 heterocycles. The molecule has 0 spiro atoms. The van der Waals surface area contributed by atoms with E-state index in [1.807, 2.05) is 12.2 Å². The fourth-order valence-electron chi connectivity index (χ4n) is 3.30. The standard InChI is InChI=1S/C14H21NO5/c1-2-14(6-16,7-17)15-12(18)10-8-3-4-9(5-8)11(10)13(19)20/h3-4,8-11,16-17H,2,5-7H2,1H3,(H,15,18)(H,19,20). The number of carboxylic acid groups (broad SMARTS) is 1. The van der Waals surface area contributed by atoms with Crippen molar-refractivity contribution in [3.63, 3.8) is 0 Å². The van der Waals surface area contributed by atoms with E-state index < -0.39 is 23.3 Å². The van der Waals surface area contributed by atoms with Crippen molar-refractivity contribution in [1.29, 1.82) is 0 Å². The number of aliphatic hydroxyl groups excluding tert-OH is 2. The van der Waals surface area contributed by atoms with E-state index >= 15 is 0 Å². The summed E-state index contributed by atoms with van der Waals surface area (Å²) in [6.45, 7) is 1.00. The van der Waals surface area contributed by atoms with Gasteiger partial charge < -0.3 is 20.6 Å². The first kappa shape index (κ1) is 15.0. The van der Waals surface area contributed by atoms with E-state index in [0.29, 0.717) is 12.8 Å². The van der Waals surface area contributed by atoms with Crippen LogP contribution in [0.5, 0.6) is 0 Å². The monoisotopic (exact) mass is 283 g/mol. The van der Waals surface area contributed by atoms with Crippen LogP contribution < -0.4 is 5.32 Å². The van der Waals surface area contributed by atoms with Crippen molar-refractivity contribution in [2.24, 2.45) is 23.7 Å². The molecule has 6 heteroatoms. The van der Waals surface area contributed by atoms with Gasteiger partial charge in [0.25, 0.3) is 0 Å². The lowest BCUT2D eigenvalue weighted by molar-refractivity contribution is -0.148. The zero-order chi connectivity index (χ0) is 14.9. The number of hydrogen-bond donors (Lipinski definition) is 4. The van der Waals surface area contributed by atoms with E-state index in [1.165, 1.54) is 0 Å². The molecule has 0 aromatic heterocycles. The quantitative estimate of drug-likeness (QED) is 0.503. The van der Waals surface area contributed by atoms with Crippen LogP contribution in [0.2, 0.25) is 0 Å². The molecule has 6 nitrogen and oxygen atoms in total. The average Bonchev–Trinajstić information content (AvgIpc) is 3.05. The Kier molecular flexibility index (Phi) is 4.15. The maximum atomic E-state index is 12.4. The van der Waals surface area contributed by atoms with Crippen LogP contribution in [0, 0.1) is 23.7 Å². The fraction of sp³-hybridized carbons (Fsp3) is 0.714. The SMILES string of the molecule is CCC(CO)(CO)NC(=O)C1C2C=CC(C2)C1C(=O)O. The van der Waals surface area contributed by atoms with Gasteiger partial charge in [-0.05, 0) is 24.7 Å². The first-order chi connectivity index (χ1) is 9.48. The van der Waals surface area contributed by atoms with Gasteiger partial charge in [0.2, 0.25) is 5.91 Å². The maximum absolute atomic E-state index is 12.4. The molecule has 0 aromatic rings. The van der Waals surface area contributed by atoms with Crippen molar-refractivity contribution in [2.45, 2.75) is 25.3 Å². The molecule has 4 unspecified atom stereocenters. The van der Waals surface area contributed by atoms with E-state index in [1.54, 1.807) is 6.92 Å². The van der Waals surface area contributed by atoms with Crippen molar-refractivity contribution in [3.8, 4) is 0 Å². The Hall–Kier alpha value is -1.40. The van der Waals surface area contributed by atoms with Crippen LogP contribution in [0.1, 0.15) is 19.8 Å². The third kappa shape index (κ3) is 2.33. The van der Waals surface area contributed by atoms with E-state index in [-0.39, 0.29) is 31.0 Å². The second-order valence-corrected chi connectivity index (χ2v) is 5.78. The minimum Gasteiger partial charge on any atom is -0.481 e. The number of hydrogen-bond acceptors (Lipinski definition) is 4. The van der Waals surface area contributed by atoms with Crippen LogP contribution in [-0.2, 0) is 9.59 Å². The summed E-state index contributed by atoms with van der Waals surface area (Å²) in [5.41, 5.74) is -1.08. The van der Waals surface area contributed by atoms with Crippen LogP contribution in [0.3, 0.4) is 0 Å². The van der Waals surface area contributed by atoms with Gasteiger partial charge in [-0.25, -0.2) is 0 Å². The summed E-state index contributed by atoms with van der Waals surface area (Å²) in [4.78, 5) is 23.8. The Morgan fingerprint density at radius 2 is 1.75 bits per heavy atom. The smallest absolute Gasteiger partial charge is 0.307 e. The summed E-state index contributed by atoms with van der Waals surface area (Å²) in [6.07, 6.45) is 4.84. The summed E-state index contributed by atoms with van der Waals surface area (Å²) < 4.78 is 0. The lowest BCUT2D eigenvalue weighted by Gasteiger charge is -2.33. The van der Waals surface area contributed by atoms with Crippen LogP contribution >= 0.6 is 0 Å². The Morgan fingerprint density at radius 3 is 2.20 bits per heavy atom. The lowest BCUT2D eigenvalue weighted by atomic mass is 9.81. The van der Waals surface area contributed by atoms with Crippen LogP contribution in [-0.4, -0.2) is 45.9 Å². The number of carbonyl (C=O) groups excluding carboxylic acids is 1. The Labute approximate surface area is 117 Å². The molecule has 1 fully saturated rings. The molecule has 0 saturated heterocycles. The van der Waals surface area contributed by atoms with Crippen molar-refractivity contribution < 1.29 is 24.9 Å². The number of rotatable bonds is 6. The number of fused-ring (bicyclic) bond motifs is 2. The van der Waals surface area contributed by atoms with E-state index in [9.17, 15) is 24.9 Å². The fourth-order valence-corrected chi connectivity index (χ4v) is 3.30. The van der Waals surface area contributed by atoms with E-state index in [4.69, 9.17) is 0 Å². The van der Waals surface area contributed by atoms with Crippen molar-refractivity contribution in [2.75, 3.05) is 13.2 Å². The molecule has 0 radical (unpaired) electrons. The molecule has 2 aliphatic carbocycles. The number of amides is 1. The lowest BCUT2D eigenvalue weighted by Crippen LogP contribution is -2.56. The van der Waals surface area contributed by atoms with Gasteiger partial charge in [-0.1, -0.05) is 19.1 Å². The zero-order valence-corrected chi connectivity index (χ0v) is 11.5. The highest BCUT2D eigenvalue weighted by molar-refractivity contribution is 5.87. The van der Waals surface area contributed by atoms with Crippen molar-refractivity contribution >= 4 is 11.9 Å². The molecule has 2 rings (SSSR count). The van der Waals surface area contributed by atoms with Gasteiger partial charge in [-0.3, -0.25) is 9.59 Å². The van der Waals surface area contributed by atoms with Crippen LogP contribution in [0.15, 0.2) is 12.2 Å². The molecule has 2 aliphatic rings. The summed E-state index contributed by atoms with van der Waals surface area (Å²) >= 11 is 0. The number of aliphatic hydroxyl groups is 2. The molecule has 0 aromatic carbocycles. The first-order valence-corrected chi connectivity index (χ1v) is 6.93. The van der Waals surface area contributed by atoms with E-state index in [2.05, 4.69) is 5.32 Å². The average molecular weight is 283 g/mol. The second-order valence-electron chi connectivity index (χ2n) is 5.78. The van der Waals surface area contributed by atoms with Gasteiger partial charge in [0.15, 0.2) is 0 Å². The number of carbonyl (C=O) groups is 2. The van der Waals surface area contributed by atoms with Crippen molar-refractivity contribution in [1.82, 2.24) is 5.32 Å². The minimum atomic E-state index is -1.08. The highest BCUT2D eigenvalue weighted by Gasteiger charge is 2.52. The minimum absolute atomic E-state index is 0.0620. The molecule has 2 bridgehead atoms. The predicted octanol–water partition coefficient (Wildman–Crippen LogP) is -0.241. The van der Waals surface area contributed by atoms with Gasteiger partial charge in [0.05, 0.1) is 30.6 Å². The van der Waals surface area contributed by atoms with Crippen LogP contribution in [0.4, 0.5) is 0 Å². The molecule has 1 amide bonds. The summed E-state index contributed by atoms with van der Waals surface area (Å²) in [7, 11) is 0. The molecule has 4 N–H and O–H groups in total. The molecular formula is C14H21NO5. The molecule has 20 heavy (non-hydrogen) atoms. The largest absolute Gasteiger partial charge is 0.481 e. The van der Waals surface area contributed by atoms with Gasteiger partial charge in [-0.15, -0.1) is 0 Å². The van der Waals surface area contributed by atoms with E-state index in [0.717, 1.165) is 0 Å². The predicted molar refractivity (Wildman–Crippen MR) is 70.7 cm³/mol. The Morgan fingerprint density at radius 1 is 1.20 bits per heavy atom. The highest BCUT2D eigenvalue weighted by Crippen LogP contribution is 2.48. The topological polar surface area (TPSA) is 107 Å². The molecular weight excluding hydrogens is 262 g/mol. The summed E-state index contributed by atoms with van der Waals surface area (Å²) in [5.74, 6) is -2.83. The van der Waals surface area contributed by atoms with Gasteiger partial charge in [0, 0.05) is 0 Å². The summed E-state index contributed by atoms with van der Waals surface area (Å²) in [5, 5.41) is 30.7. The second kappa shape index (κ2) is 5.54. The normalized spacial score (nSPS) is 31.6. The Balaban J connectivity index is 2.16. The molecule has 112 valence electrons. The summed E-state index contributed by atoms with van der Waals surface area (Å²) in [6, 6.07) is 0.